The first-order valence-corrected chi connectivity index (χ1v) is 12.8. The number of aromatic nitrogens is 3. The van der Waals surface area contributed by atoms with Crippen LogP contribution in [-0.4, -0.2) is 26.3 Å². The van der Waals surface area contributed by atoms with Gasteiger partial charge in [0.25, 0.3) is 0 Å². The van der Waals surface area contributed by atoms with E-state index >= 15 is 0 Å². The van der Waals surface area contributed by atoms with Crippen LogP contribution in [0.5, 0.6) is 5.75 Å². The Morgan fingerprint density at radius 2 is 1.53 bits per heavy atom. The number of rotatable bonds is 8. The quantitative estimate of drug-likeness (QED) is 0.183. The number of para-hydroxylation sites is 2. The number of carbonyl (C=O) groups is 1. The zero-order chi connectivity index (χ0) is 24.3. The molecule has 0 saturated heterocycles. The van der Waals surface area contributed by atoms with Gasteiger partial charge in [-0.1, -0.05) is 84.6 Å². The van der Waals surface area contributed by atoms with Gasteiger partial charge in [-0.15, -0.1) is 10.2 Å². The molecule has 176 valence electrons. The SMILES string of the molecule is O=C(CSc1nnc(COc2ccccc2)n1-c1ccccc1)c1ccc2c(c1)Cc1ccccc1-2. The van der Waals surface area contributed by atoms with Crippen molar-refractivity contribution in [2.75, 3.05) is 5.75 Å². The molecule has 0 fully saturated rings. The summed E-state index contributed by atoms with van der Waals surface area (Å²) >= 11 is 1.39. The molecule has 1 aliphatic rings. The number of ether oxygens (including phenoxy) is 1. The van der Waals surface area contributed by atoms with Crippen LogP contribution >= 0.6 is 11.8 Å². The van der Waals surface area contributed by atoms with E-state index in [0.29, 0.717) is 11.0 Å². The van der Waals surface area contributed by atoms with Gasteiger partial charge in [0, 0.05) is 11.3 Å². The van der Waals surface area contributed by atoms with Crippen molar-refractivity contribution < 1.29 is 9.53 Å². The highest BCUT2D eigenvalue weighted by Crippen LogP contribution is 2.37. The standard InChI is InChI=1S/C30H23N3O2S/c34-28(22-15-16-27-23(18-22)17-21-9-7-8-14-26(21)27)20-36-30-32-31-29(19-35-25-12-5-2-6-13-25)33(30)24-10-3-1-4-11-24/h1-16,18H,17,19-20H2. The summed E-state index contributed by atoms with van der Waals surface area (Å²) in [7, 11) is 0. The first-order valence-electron chi connectivity index (χ1n) is 11.8. The molecule has 0 unspecified atom stereocenters. The van der Waals surface area contributed by atoms with Crippen LogP contribution in [0, 0.1) is 0 Å². The summed E-state index contributed by atoms with van der Waals surface area (Å²) in [5, 5.41) is 9.45. The maximum absolute atomic E-state index is 13.2. The van der Waals surface area contributed by atoms with Crippen molar-refractivity contribution in [2.45, 2.75) is 18.2 Å². The Bertz CT molecular complexity index is 1530. The molecule has 0 bridgehead atoms. The number of ketones is 1. The lowest BCUT2D eigenvalue weighted by Crippen LogP contribution is -2.08. The van der Waals surface area contributed by atoms with Crippen molar-refractivity contribution in [3.8, 4) is 22.6 Å². The van der Waals surface area contributed by atoms with Crippen LogP contribution in [-0.2, 0) is 13.0 Å². The lowest BCUT2D eigenvalue weighted by molar-refractivity contribution is 0.102. The van der Waals surface area contributed by atoms with Crippen molar-refractivity contribution in [3.63, 3.8) is 0 Å². The Kier molecular flexibility index (Phi) is 6.10. The minimum atomic E-state index is 0.0726. The van der Waals surface area contributed by atoms with Crippen LogP contribution < -0.4 is 4.74 Å². The number of carbonyl (C=O) groups excluding carboxylic acids is 1. The van der Waals surface area contributed by atoms with Crippen molar-refractivity contribution >= 4 is 17.5 Å². The molecule has 0 N–H and O–H groups in total. The van der Waals surface area contributed by atoms with Crippen LogP contribution in [0.4, 0.5) is 0 Å². The van der Waals surface area contributed by atoms with Gasteiger partial charge in [0.05, 0.1) is 5.75 Å². The number of benzene rings is 4. The van der Waals surface area contributed by atoms with Crippen LogP contribution in [0.3, 0.4) is 0 Å². The van der Waals surface area contributed by atoms with Gasteiger partial charge < -0.3 is 4.74 Å². The van der Waals surface area contributed by atoms with E-state index in [2.05, 4.69) is 40.5 Å². The summed E-state index contributed by atoms with van der Waals surface area (Å²) in [5.41, 5.74) is 6.67. The Morgan fingerprint density at radius 3 is 2.36 bits per heavy atom. The molecule has 1 aromatic heterocycles. The van der Waals surface area contributed by atoms with Gasteiger partial charge in [-0.2, -0.15) is 0 Å². The Balaban J connectivity index is 1.21. The monoisotopic (exact) mass is 489 g/mol. The van der Waals surface area contributed by atoms with Gasteiger partial charge in [0.15, 0.2) is 16.8 Å². The topological polar surface area (TPSA) is 57.0 Å². The second-order valence-electron chi connectivity index (χ2n) is 8.59. The molecular formula is C30H23N3O2S. The Hall–Kier alpha value is -4.16. The van der Waals surface area contributed by atoms with Crippen molar-refractivity contribution in [1.82, 2.24) is 14.8 Å². The summed E-state index contributed by atoms with van der Waals surface area (Å²) in [6, 6.07) is 34.0. The zero-order valence-electron chi connectivity index (χ0n) is 19.5. The minimum Gasteiger partial charge on any atom is -0.486 e. The summed E-state index contributed by atoms with van der Waals surface area (Å²) in [5.74, 6) is 1.79. The molecule has 0 spiro atoms. The fourth-order valence-corrected chi connectivity index (χ4v) is 5.39. The molecule has 0 saturated carbocycles. The number of hydrogen-bond donors (Lipinski definition) is 0. The van der Waals surface area contributed by atoms with Gasteiger partial charge in [-0.25, -0.2) is 0 Å². The van der Waals surface area contributed by atoms with E-state index in [1.165, 1.54) is 34.0 Å². The van der Waals surface area contributed by atoms with E-state index < -0.39 is 0 Å². The minimum absolute atomic E-state index is 0.0726. The molecule has 36 heavy (non-hydrogen) atoms. The zero-order valence-corrected chi connectivity index (χ0v) is 20.3. The third-order valence-electron chi connectivity index (χ3n) is 6.27. The number of nitrogens with zero attached hydrogens (tertiary/aromatic N) is 3. The van der Waals surface area contributed by atoms with Gasteiger partial charge >= 0.3 is 0 Å². The molecule has 6 heteroatoms. The first kappa shape index (κ1) is 22.3. The van der Waals surface area contributed by atoms with E-state index in [1.807, 2.05) is 77.4 Å². The lowest BCUT2D eigenvalue weighted by Gasteiger charge is -2.11. The molecule has 5 aromatic rings. The fraction of sp³-hybridized carbons (Fsp3) is 0.100. The molecule has 0 radical (unpaired) electrons. The van der Waals surface area contributed by atoms with Crippen molar-refractivity contribution in [3.05, 3.63) is 126 Å². The summed E-state index contributed by atoms with van der Waals surface area (Å²) < 4.78 is 7.89. The number of hydrogen-bond acceptors (Lipinski definition) is 5. The van der Waals surface area contributed by atoms with Gasteiger partial charge in [0.2, 0.25) is 0 Å². The average molecular weight is 490 g/mol. The van der Waals surface area contributed by atoms with Crippen LogP contribution in [0.1, 0.15) is 27.3 Å². The van der Waals surface area contributed by atoms with Gasteiger partial charge in [0.1, 0.15) is 12.4 Å². The first-order chi connectivity index (χ1) is 17.8. The molecule has 1 heterocycles. The number of thioether (sulfide) groups is 1. The molecular weight excluding hydrogens is 466 g/mol. The van der Waals surface area contributed by atoms with Crippen LogP contribution in [0.25, 0.3) is 16.8 Å². The Labute approximate surface area is 213 Å². The highest BCUT2D eigenvalue weighted by atomic mass is 32.2. The van der Waals surface area contributed by atoms with Gasteiger partial charge in [-0.05, 0) is 59.0 Å². The largest absolute Gasteiger partial charge is 0.486 e. The summed E-state index contributed by atoms with van der Waals surface area (Å²) in [6.07, 6.45) is 0.868. The van der Waals surface area contributed by atoms with Crippen molar-refractivity contribution in [1.29, 1.82) is 0 Å². The number of fused-ring (bicyclic) bond motifs is 3. The molecule has 0 amide bonds. The van der Waals surface area contributed by atoms with E-state index in [9.17, 15) is 4.79 Å². The predicted octanol–water partition coefficient (Wildman–Crippen LogP) is 6.39. The highest BCUT2D eigenvalue weighted by molar-refractivity contribution is 7.99. The maximum Gasteiger partial charge on any atom is 0.196 e. The Morgan fingerprint density at radius 1 is 0.806 bits per heavy atom. The smallest absolute Gasteiger partial charge is 0.196 e. The third-order valence-corrected chi connectivity index (χ3v) is 7.20. The average Bonchev–Trinajstić information content (AvgIpc) is 3.52. The lowest BCUT2D eigenvalue weighted by atomic mass is 10.0. The predicted molar refractivity (Wildman–Crippen MR) is 142 cm³/mol. The van der Waals surface area contributed by atoms with E-state index in [-0.39, 0.29) is 18.1 Å². The van der Waals surface area contributed by atoms with Crippen molar-refractivity contribution in [2.24, 2.45) is 0 Å². The van der Waals surface area contributed by atoms with Gasteiger partial charge in [-0.3, -0.25) is 9.36 Å². The molecule has 4 aromatic carbocycles. The highest BCUT2D eigenvalue weighted by Gasteiger charge is 2.21. The molecule has 6 rings (SSSR count). The normalized spacial score (nSPS) is 11.7. The number of Topliss-reactive ketones (excluding diaryl/α,β-unsaturated/α-hetero) is 1. The fourth-order valence-electron chi connectivity index (χ4n) is 4.52. The second kappa shape index (κ2) is 9.84. The molecule has 1 aliphatic carbocycles. The van der Waals surface area contributed by atoms with E-state index in [0.717, 1.165) is 23.4 Å². The molecule has 5 nitrogen and oxygen atoms in total. The summed E-state index contributed by atoms with van der Waals surface area (Å²) in [6.45, 7) is 0.270. The summed E-state index contributed by atoms with van der Waals surface area (Å²) in [4.78, 5) is 13.2. The third kappa shape index (κ3) is 4.43. The van der Waals surface area contributed by atoms with Crippen LogP contribution in [0.15, 0.2) is 108 Å². The second-order valence-corrected chi connectivity index (χ2v) is 9.53. The molecule has 0 aliphatic heterocycles. The van der Waals surface area contributed by atoms with Crippen LogP contribution in [0.2, 0.25) is 0 Å². The maximum atomic E-state index is 13.2. The molecule has 0 atom stereocenters. The van der Waals surface area contributed by atoms with E-state index in [4.69, 9.17) is 4.74 Å². The van der Waals surface area contributed by atoms with E-state index in [1.54, 1.807) is 0 Å².